The largest absolute Gasteiger partial charge is 0.433 e. The van der Waals surface area contributed by atoms with Crippen LogP contribution in [0.3, 0.4) is 0 Å². The summed E-state index contributed by atoms with van der Waals surface area (Å²) in [6, 6.07) is 0.939. The fourth-order valence-corrected chi connectivity index (χ4v) is 2.50. The molecule has 6 nitrogen and oxygen atoms in total. The molecule has 0 radical (unpaired) electrons. The lowest BCUT2D eigenvalue weighted by Gasteiger charge is -2.13. The van der Waals surface area contributed by atoms with E-state index in [0.717, 1.165) is 18.9 Å². The van der Waals surface area contributed by atoms with Crippen LogP contribution < -0.4 is 5.32 Å². The zero-order valence-corrected chi connectivity index (χ0v) is 13.2. The number of nitrogens with zero attached hydrogens (tertiary/aromatic N) is 4. The molecule has 0 saturated carbocycles. The zero-order valence-electron chi connectivity index (χ0n) is 13.2. The maximum Gasteiger partial charge on any atom is 0.433 e. The molecule has 0 aromatic carbocycles. The van der Waals surface area contributed by atoms with E-state index in [-0.39, 0.29) is 17.7 Å². The van der Waals surface area contributed by atoms with E-state index >= 15 is 0 Å². The molecule has 3 heterocycles. The topological polar surface area (TPSA) is 64.9 Å². The molecule has 0 aliphatic carbocycles. The molecular weight excluding hydrogens is 323 g/mol. The molecule has 3 rings (SSSR count). The summed E-state index contributed by atoms with van der Waals surface area (Å²) in [5.74, 6) is -0.0560. The lowest BCUT2D eigenvalue weighted by Crippen LogP contribution is -2.21. The van der Waals surface area contributed by atoms with Crippen molar-refractivity contribution in [3.05, 3.63) is 24.2 Å². The summed E-state index contributed by atoms with van der Waals surface area (Å²) in [5, 5.41) is 6.93. The van der Waals surface area contributed by atoms with Crippen molar-refractivity contribution in [2.24, 2.45) is 0 Å². The fraction of sp³-hybridized carbons (Fsp3) is 0.533. The van der Waals surface area contributed by atoms with Gasteiger partial charge in [0.25, 0.3) is 0 Å². The Balaban J connectivity index is 1.87. The summed E-state index contributed by atoms with van der Waals surface area (Å²) in [7, 11) is 0. The van der Waals surface area contributed by atoms with E-state index in [2.05, 4.69) is 20.4 Å². The van der Waals surface area contributed by atoms with Crippen molar-refractivity contribution >= 4 is 5.95 Å². The van der Waals surface area contributed by atoms with E-state index in [4.69, 9.17) is 4.74 Å². The minimum Gasteiger partial charge on any atom is -0.376 e. The highest BCUT2D eigenvalue weighted by atomic mass is 19.4. The van der Waals surface area contributed by atoms with E-state index in [1.54, 1.807) is 10.9 Å². The third-order valence-corrected chi connectivity index (χ3v) is 3.78. The van der Waals surface area contributed by atoms with Crippen molar-refractivity contribution in [3.63, 3.8) is 0 Å². The molecule has 1 fully saturated rings. The number of anilines is 1. The molecule has 0 spiro atoms. The average Bonchev–Trinajstić information content (AvgIpc) is 3.23. The maximum absolute atomic E-state index is 13.1. The number of aromatic nitrogens is 4. The Hall–Kier alpha value is -2.16. The lowest BCUT2D eigenvalue weighted by atomic mass is 10.2. The average molecular weight is 341 g/mol. The summed E-state index contributed by atoms with van der Waals surface area (Å²) in [5.41, 5.74) is -0.275. The van der Waals surface area contributed by atoms with E-state index in [9.17, 15) is 13.2 Å². The summed E-state index contributed by atoms with van der Waals surface area (Å²) >= 11 is 0. The minimum atomic E-state index is -4.54. The van der Waals surface area contributed by atoms with E-state index < -0.39 is 11.9 Å². The highest BCUT2D eigenvalue weighted by Crippen LogP contribution is 2.31. The summed E-state index contributed by atoms with van der Waals surface area (Å²) < 4.78 is 46.4. The highest BCUT2D eigenvalue weighted by Gasteiger charge is 2.34. The number of aryl methyl sites for hydroxylation is 1. The molecule has 1 aliphatic heterocycles. The SMILES string of the molecule is CCn1cc(-c2cc(C(F)(F)F)nc(NC[C@@H]3CCCO3)n2)cn1. The van der Waals surface area contributed by atoms with Gasteiger partial charge in [-0.3, -0.25) is 4.68 Å². The van der Waals surface area contributed by atoms with Gasteiger partial charge in [0.1, 0.15) is 0 Å². The Morgan fingerprint density at radius 2 is 2.21 bits per heavy atom. The van der Waals surface area contributed by atoms with Gasteiger partial charge in [0, 0.05) is 31.5 Å². The van der Waals surface area contributed by atoms with Crippen LogP contribution in [0.2, 0.25) is 0 Å². The Labute approximate surface area is 137 Å². The van der Waals surface area contributed by atoms with Gasteiger partial charge in [-0.25, -0.2) is 9.97 Å². The van der Waals surface area contributed by atoms with Gasteiger partial charge >= 0.3 is 6.18 Å². The molecule has 1 N–H and O–H groups in total. The Bertz CT molecular complexity index is 695. The van der Waals surface area contributed by atoms with Crippen LogP contribution in [0.25, 0.3) is 11.3 Å². The first kappa shape index (κ1) is 16.7. The first-order chi connectivity index (χ1) is 11.5. The monoisotopic (exact) mass is 341 g/mol. The quantitative estimate of drug-likeness (QED) is 0.906. The molecule has 1 atom stereocenters. The Kier molecular flexibility index (Phi) is 4.70. The molecule has 0 bridgehead atoms. The number of ether oxygens (including phenoxy) is 1. The second-order valence-electron chi connectivity index (χ2n) is 5.56. The first-order valence-electron chi connectivity index (χ1n) is 7.80. The van der Waals surface area contributed by atoms with Gasteiger partial charge in [-0.05, 0) is 25.8 Å². The van der Waals surface area contributed by atoms with Gasteiger partial charge in [0.2, 0.25) is 5.95 Å². The van der Waals surface area contributed by atoms with Crippen LogP contribution in [0.15, 0.2) is 18.5 Å². The third kappa shape index (κ3) is 3.84. The molecule has 2 aromatic heterocycles. The van der Waals surface area contributed by atoms with Crippen LogP contribution in [0.5, 0.6) is 0 Å². The molecule has 2 aromatic rings. The number of hydrogen-bond acceptors (Lipinski definition) is 5. The third-order valence-electron chi connectivity index (χ3n) is 3.78. The normalized spacial score (nSPS) is 18.1. The number of nitrogens with one attached hydrogen (secondary N) is 1. The van der Waals surface area contributed by atoms with Gasteiger partial charge in [-0.15, -0.1) is 0 Å². The fourth-order valence-electron chi connectivity index (χ4n) is 2.50. The van der Waals surface area contributed by atoms with Crippen molar-refractivity contribution in [1.29, 1.82) is 0 Å². The molecule has 1 saturated heterocycles. The minimum absolute atomic E-state index is 0.0190. The van der Waals surface area contributed by atoms with Crippen LogP contribution in [0, 0.1) is 0 Å². The van der Waals surface area contributed by atoms with Crippen LogP contribution in [-0.4, -0.2) is 39.0 Å². The van der Waals surface area contributed by atoms with Gasteiger partial charge in [0.15, 0.2) is 5.69 Å². The molecule has 24 heavy (non-hydrogen) atoms. The molecule has 130 valence electrons. The molecule has 1 aliphatic rings. The van der Waals surface area contributed by atoms with Crippen LogP contribution in [0.1, 0.15) is 25.5 Å². The Morgan fingerprint density at radius 1 is 1.38 bits per heavy atom. The standard InChI is InChI=1S/C15H18F3N5O/c1-2-23-9-10(7-20-23)12-6-13(15(16,17)18)22-14(21-12)19-8-11-4-3-5-24-11/h6-7,9,11H,2-5,8H2,1H3,(H,19,21,22)/t11-/m0/s1. The molecule has 0 amide bonds. The van der Waals surface area contributed by atoms with Crippen LogP contribution in [0.4, 0.5) is 19.1 Å². The number of rotatable bonds is 5. The second-order valence-corrected chi connectivity index (χ2v) is 5.56. The molecular formula is C15H18F3N5O. The highest BCUT2D eigenvalue weighted by molar-refractivity contribution is 5.59. The van der Waals surface area contributed by atoms with E-state index in [0.29, 0.717) is 25.3 Å². The lowest BCUT2D eigenvalue weighted by molar-refractivity contribution is -0.141. The van der Waals surface area contributed by atoms with Gasteiger partial charge in [-0.1, -0.05) is 0 Å². The van der Waals surface area contributed by atoms with Gasteiger partial charge < -0.3 is 10.1 Å². The number of halogens is 3. The van der Waals surface area contributed by atoms with Crippen molar-refractivity contribution in [3.8, 4) is 11.3 Å². The predicted octanol–water partition coefficient (Wildman–Crippen LogP) is 2.97. The van der Waals surface area contributed by atoms with E-state index in [1.165, 1.54) is 6.20 Å². The molecule has 9 heteroatoms. The zero-order chi connectivity index (χ0) is 17.2. The van der Waals surface area contributed by atoms with E-state index in [1.807, 2.05) is 6.92 Å². The van der Waals surface area contributed by atoms with Crippen molar-refractivity contribution in [2.45, 2.75) is 38.6 Å². The first-order valence-corrected chi connectivity index (χ1v) is 7.80. The summed E-state index contributed by atoms with van der Waals surface area (Å²) in [4.78, 5) is 7.78. The maximum atomic E-state index is 13.1. The summed E-state index contributed by atoms with van der Waals surface area (Å²) in [6.45, 7) is 3.58. The Morgan fingerprint density at radius 3 is 2.83 bits per heavy atom. The second kappa shape index (κ2) is 6.76. The summed E-state index contributed by atoms with van der Waals surface area (Å²) in [6.07, 6.45) is 0.426. The number of hydrogen-bond donors (Lipinski definition) is 1. The van der Waals surface area contributed by atoms with Gasteiger partial charge in [0.05, 0.1) is 18.0 Å². The van der Waals surface area contributed by atoms with Crippen LogP contribution in [-0.2, 0) is 17.5 Å². The van der Waals surface area contributed by atoms with Crippen molar-refractivity contribution < 1.29 is 17.9 Å². The van der Waals surface area contributed by atoms with Crippen molar-refractivity contribution in [1.82, 2.24) is 19.7 Å². The smallest absolute Gasteiger partial charge is 0.376 e. The number of alkyl halides is 3. The predicted molar refractivity (Wildman–Crippen MR) is 81.4 cm³/mol. The van der Waals surface area contributed by atoms with Gasteiger partial charge in [-0.2, -0.15) is 18.3 Å². The molecule has 0 unspecified atom stereocenters. The van der Waals surface area contributed by atoms with Crippen molar-refractivity contribution in [2.75, 3.05) is 18.5 Å². The van der Waals surface area contributed by atoms with Crippen LogP contribution >= 0.6 is 0 Å².